The summed E-state index contributed by atoms with van der Waals surface area (Å²) in [5, 5.41) is 4.01. The van der Waals surface area contributed by atoms with Gasteiger partial charge in [0, 0.05) is 26.7 Å². The number of aromatic nitrogens is 1. The zero-order valence-electron chi connectivity index (χ0n) is 16.1. The van der Waals surface area contributed by atoms with Crippen molar-refractivity contribution in [3.05, 3.63) is 29.3 Å². The van der Waals surface area contributed by atoms with Crippen molar-refractivity contribution in [1.82, 2.24) is 20.1 Å². The van der Waals surface area contributed by atoms with E-state index in [-0.39, 0.29) is 6.03 Å². The molecular formula is C20H30N4OS. The van der Waals surface area contributed by atoms with E-state index >= 15 is 0 Å². The van der Waals surface area contributed by atoms with E-state index in [9.17, 15) is 4.79 Å². The first-order chi connectivity index (χ1) is 12.5. The highest BCUT2D eigenvalue weighted by molar-refractivity contribution is 7.18. The molecule has 6 heteroatoms. The minimum atomic E-state index is -0.0235. The Balaban J connectivity index is 1.39. The summed E-state index contributed by atoms with van der Waals surface area (Å²) < 4.78 is 1.17. The lowest BCUT2D eigenvalue weighted by Gasteiger charge is -2.35. The normalized spacial score (nSPS) is 21.0. The van der Waals surface area contributed by atoms with Crippen LogP contribution < -0.4 is 5.32 Å². The summed E-state index contributed by atoms with van der Waals surface area (Å²) in [7, 11) is 1.83. The Hall–Kier alpha value is -1.66. The van der Waals surface area contributed by atoms with Crippen molar-refractivity contribution >= 4 is 27.6 Å². The van der Waals surface area contributed by atoms with Gasteiger partial charge in [0.25, 0.3) is 0 Å². The summed E-state index contributed by atoms with van der Waals surface area (Å²) in [4.78, 5) is 21.1. The standard InChI is InChI=1S/C20H30N4OS/c1-15-11-16(2)13-24(12-15)10-6-9-21-20(25)23(3)14-19-22-17-7-4-5-8-18(17)26-19/h4-5,7-8,15-16H,6,9-14H2,1-3H3,(H,21,25). The Morgan fingerprint density at radius 3 is 2.77 bits per heavy atom. The SMILES string of the molecule is CC1CC(C)CN(CCCNC(=O)N(C)Cc2nc3ccccc3s2)C1. The second-order valence-corrected chi connectivity index (χ2v) is 8.84. The van der Waals surface area contributed by atoms with Gasteiger partial charge < -0.3 is 15.1 Å². The lowest BCUT2D eigenvalue weighted by Crippen LogP contribution is -2.41. The molecule has 2 atom stereocenters. The second kappa shape index (κ2) is 8.82. The Kier molecular flexibility index (Phi) is 6.48. The lowest BCUT2D eigenvalue weighted by molar-refractivity contribution is 0.139. The van der Waals surface area contributed by atoms with E-state index in [1.807, 2.05) is 25.2 Å². The molecular weight excluding hydrogens is 344 g/mol. The van der Waals surface area contributed by atoms with Gasteiger partial charge in [0.05, 0.1) is 16.8 Å². The summed E-state index contributed by atoms with van der Waals surface area (Å²) in [6, 6.07) is 8.07. The quantitative estimate of drug-likeness (QED) is 0.782. The molecule has 0 radical (unpaired) electrons. The number of para-hydroxylation sites is 1. The van der Waals surface area contributed by atoms with Crippen LogP contribution in [0.4, 0.5) is 4.79 Å². The number of nitrogens with zero attached hydrogens (tertiary/aromatic N) is 3. The van der Waals surface area contributed by atoms with E-state index in [4.69, 9.17) is 0 Å². The topological polar surface area (TPSA) is 48.5 Å². The minimum absolute atomic E-state index is 0.0235. The number of rotatable bonds is 6. The minimum Gasteiger partial charge on any atom is -0.338 e. The number of benzene rings is 1. The van der Waals surface area contributed by atoms with Crippen molar-refractivity contribution in [3.8, 4) is 0 Å². The largest absolute Gasteiger partial charge is 0.338 e. The Labute approximate surface area is 160 Å². The van der Waals surface area contributed by atoms with Crippen molar-refractivity contribution in [2.75, 3.05) is 33.2 Å². The van der Waals surface area contributed by atoms with Gasteiger partial charge in [-0.1, -0.05) is 26.0 Å². The zero-order chi connectivity index (χ0) is 18.5. The van der Waals surface area contributed by atoms with E-state index in [0.717, 1.165) is 41.9 Å². The Bertz CT molecular complexity index is 688. The van der Waals surface area contributed by atoms with Gasteiger partial charge in [0.15, 0.2) is 0 Å². The fourth-order valence-electron chi connectivity index (χ4n) is 3.87. The molecule has 1 aliphatic heterocycles. The smallest absolute Gasteiger partial charge is 0.317 e. The molecule has 0 saturated carbocycles. The molecule has 1 N–H and O–H groups in total. The number of hydrogen-bond acceptors (Lipinski definition) is 4. The maximum absolute atomic E-state index is 12.3. The third kappa shape index (κ3) is 5.17. The first-order valence-electron chi connectivity index (χ1n) is 9.57. The first kappa shape index (κ1) is 19.1. The van der Waals surface area contributed by atoms with Crippen molar-refractivity contribution < 1.29 is 4.79 Å². The van der Waals surface area contributed by atoms with Crippen molar-refractivity contribution in [1.29, 1.82) is 0 Å². The number of carbonyl (C=O) groups excluding carboxylic acids is 1. The molecule has 0 spiro atoms. The number of nitrogens with one attached hydrogen (secondary N) is 1. The molecule has 26 heavy (non-hydrogen) atoms. The highest BCUT2D eigenvalue weighted by atomic mass is 32.1. The summed E-state index contributed by atoms with van der Waals surface area (Å²) in [5.74, 6) is 1.57. The van der Waals surface area contributed by atoms with Gasteiger partial charge in [-0.05, 0) is 43.4 Å². The monoisotopic (exact) mass is 374 g/mol. The zero-order valence-corrected chi connectivity index (χ0v) is 16.9. The van der Waals surface area contributed by atoms with Gasteiger partial charge in [0.2, 0.25) is 0 Å². The van der Waals surface area contributed by atoms with Gasteiger partial charge >= 0.3 is 6.03 Å². The molecule has 1 saturated heterocycles. The number of carbonyl (C=O) groups is 1. The fourth-order valence-corrected chi connectivity index (χ4v) is 4.89. The molecule has 0 aliphatic carbocycles. The summed E-state index contributed by atoms with van der Waals surface area (Å²) in [6.45, 7) is 9.39. The van der Waals surface area contributed by atoms with Crippen LogP contribution in [0.5, 0.6) is 0 Å². The van der Waals surface area contributed by atoms with Gasteiger partial charge in [0.1, 0.15) is 5.01 Å². The molecule has 5 nitrogen and oxygen atoms in total. The summed E-state index contributed by atoms with van der Waals surface area (Å²) in [6.07, 6.45) is 2.34. The average Bonchev–Trinajstić information content (AvgIpc) is 2.99. The van der Waals surface area contributed by atoms with Crippen LogP contribution in [0, 0.1) is 11.8 Å². The number of amides is 2. The maximum atomic E-state index is 12.3. The Morgan fingerprint density at radius 2 is 2.04 bits per heavy atom. The predicted molar refractivity (Wildman–Crippen MR) is 108 cm³/mol. The number of thiazole rings is 1. The summed E-state index contributed by atoms with van der Waals surface area (Å²) >= 11 is 1.65. The molecule has 1 aliphatic rings. The molecule has 142 valence electrons. The highest BCUT2D eigenvalue weighted by Crippen LogP contribution is 2.22. The van der Waals surface area contributed by atoms with Gasteiger partial charge in [-0.2, -0.15) is 0 Å². The molecule has 0 bridgehead atoms. The molecule has 1 aromatic heterocycles. The third-order valence-corrected chi connectivity index (χ3v) is 5.95. The third-order valence-electron chi connectivity index (χ3n) is 4.93. The second-order valence-electron chi connectivity index (χ2n) is 7.72. The number of urea groups is 1. The van der Waals surface area contributed by atoms with Crippen LogP contribution in [-0.2, 0) is 6.54 Å². The van der Waals surface area contributed by atoms with Gasteiger partial charge in [-0.25, -0.2) is 9.78 Å². The van der Waals surface area contributed by atoms with Gasteiger partial charge in [-0.3, -0.25) is 0 Å². The highest BCUT2D eigenvalue weighted by Gasteiger charge is 2.21. The molecule has 2 aromatic rings. The molecule has 2 amide bonds. The summed E-state index contributed by atoms with van der Waals surface area (Å²) in [5.41, 5.74) is 1.01. The molecule has 3 rings (SSSR count). The Morgan fingerprint density at radius 1 is 1.31 bits per heavy atom. The van der Waals surface area contributed by atoms with E-state index in [0.29, 0.717) is 6.54 Å². The van der Waals surface area contributed by atoms with E-state index < -0.39 is 0 Å². The van der Waals surface area contributed by atoms with Crippen LogP contribution in [0.15, 0.2) is 24.3 Å². The lowest BCUT2D eigenvalue weighted by atomic mass is 9.92. The van der Waals surface area contributed by atoms with E-state index in [1.165, 1.54) is 24.2 Å². The predicted octanol–water partition coefficient (Wildman–Crippen LogP) is 3.81. The van der Waals surface area contributed by atoms with Gasteiger partial charge in [-0.15, -0.1) is 11.3 Å². The molecule has 2 unspecified atom stereocenters. The van der Waals surface area contributed by atoms with Crippen molar-refractivity contribution in [3.63, 3.8) is 0 Å². The fraction of sp³-hybridized carbons (Fsp3) is 0.600. The van der Waals surface area contributed by atoms with Crippen LogP contribution >= 0.6 is 11.3 Å². The maximum Gasteiger partial charge on any atom is 0.317 e. The van der Waals surface area contributed by atoms with Crippen LogP contribution in [0.2, 0.25) is 0 Å². The van der Waals surface area contributed by atoms with Crippen LogP contribution in [0.3, 0.4) is 0 Å². The van der Waals surface area contributed by atoms with E-state index in [2.05, 4.69) is 35.1 Å². The number of fused-ring (bicyclic) bond motifs is 1. The first-order valence-corrected chi connectivity index (χ1v) is 10.4. The number of piperidine rings is 1. The average molecular weight is 375 g/mol. The van der Waals surface area contributed by atoms with E-state index in [1.54, 1.807) is 16.2 Å². The molecule has 1 fully saturated rings. The molecule has 1 aromatic carbocycles. The van der Waals surface area contributed by atoms with Crippen molar-refractivity contribution in [2.24, 2.45) is 11.8 Å². The van der Waals surface area contributed by atoms with Crippen LogP contribution in [0.1, 0.15) is 31.7 Å². The number of likely N-dealkylation sites (tertiary alicyclic amines) is 1. The van der Waals surface area contributed by atoms with Crippen LogP contribution in [-0.4, -0.2) is 54.0 Å². The van der Waals surface area contributed by atoms with Crippen LogP contribution in [0.25, 0.3) is 10.2 Å². The number of hydrogen-bond donors (Lipinski definition) is 1. The van der Waals surface area contributed by atoms with Crippen molar-refractivity contribution in [2.45, 2.75) is 33.2 Å². The molecule has 2 heterocycles.